The van der Waals surface area contributed by atoms with Crippen molar-refractivity contribution in [2.75, 3.05) is 0 Å². The summed E-state index contributed by atoms with van der Waals surface area (Å²) < 4.78 is 0. The Kier molecular flexibility index (Phi) is 3.27. The zero-order chi connectivity index (χ0) is 15.2. The van der Waals surface area contributed by atoms with E-state index >= 15 is 0 Å². The third kappa shape index (κ3) is 2.67. The van der Waals surface area contributed by atoms with Gasteiger partial charge in [-0.1, -0.05) is 20.8 Å². The van der Waals surface area contributed by atoms with E-state index in [0.29, 0.717) is 17.3 Å². The summed E-state index contributed by atoms with van der Waals surface area (Å²) >= 11 is 0. The molecule has 0 spiro atoms. The van der Waals surface area contributed by atoms with Crippen molar-refractivity contribution < 1.29 is 4.92 Å². The molecule has 2 unspecified atom stereocenters. The highest BCUT2D eigenvalue weighted by Gasteiger charge is 2.33. The zero-order valence-corrected chi connectivity index (χ0v) is 12.8. The first-order chi connectivity index (χ1) is 9.85. The van der Waals surface area contributed by atoms with Gasteiger partial charge in [-0.05, 0) is 48.1 Å². The highest BCUT2D eigenvalue weighted by atomic mass is 16.6. The minimum atomic E-state index is -0.316. The number of nitrogens with zero attached hydrogens (tertiary/aromatic N) is 1. The first-order valence-corrected chi connectivity index (χ1v) is 7.61. The number of fused-ring (bicyclic) bond motifs is 1. The second-order valence-electron chi connectivity index (χ2n) is 7.34. The van der Waals surface area contributed by atoms with E-state index in [-0.39, 0.29) is 10.6 Å². The Bertz CT molecular complexity index is 687. The van der Waals surface area contributed by atoms with Crippen LogP contribution in [0.5, 0.6) is 0 Å². The van der Waals surface area contributed by atoms with Gasteiger partial charge < -0.3 is 4.98 Å². The van der Waals surface area contributed by atoms with Crippen molar-refractivity contribution in [2.24, 2.45) is 11.3 Å². The number of hydrogen-bond acceptors (Lipinski definition) is 2. The molecule has 4 nitrogen and oxygen atoms in total. The van der Waals surface area contributed by atoms with Crippen molar-refractivity contribution in [1.29, 1.82) is 0 Å². The first-order valence-electron chi connectivity index (χ1n) is 7.61. The molecule has 1 aromatic heterocycles. The molecule has 0 saturated heterocycles. The van der Waals surface area contributed by atoms with Crippen molar-refractivity contribution >= 4 is 16.6 Å². The van der Waals surface area contributed by atoms with Crippen LogP contribution in [0.1, 0.15) is 51.5 Å². The smallest absolute Gasteiger partial charge is 0.270 e. The van der Waals surface area contributed by atoms with E-state index in [1.54, 1.807) is 12.1 Å². The van der Waals surface area contributed by atoms with E-state index in [0.717, 1.165) is 17.3 Å². The summed E-state index contributed by atoms with van der Waals surface area (Å²) in [7, 11) is 0. The molecule has 4 heteroatoms. The van der Waals surface area contributed by atoms with Gasteiger partial charge in [-0.2, -0.15) is 0 Å². The number of rotatable bonds is 2. The Labute approximate surface area is 124 Å². The highest BCUT2D eigenvalue weighted by molar-refractivity contribution is 5.85. The Balaban J connectivity index is 2.03. The van der Waals surface area contributed by atoms with Gasteiger partial charge in [0.2, 0.25) is 0 Å². The molecule has 1 aliphatic carbocycles. The zero-order valence-electron chi connectivity index (χ0n) is 12.8. The van der Waals surface area contributed by atoms with E-state index in [4.69, 9.17) is 0 Å². The Hall–Kier alpha value is -1.84. The number of aromatic amines is 1. The third-order valence-electron chi connectivity index (χ3n) is 4.73. The summed E-state index contributed by atoms with van der Waals surface area (Å²) in [5.41, 5.74) is 2.75. The SMILES string of the molecule is CC1CC(c2c[nH]c3ccc([N+](=O)[O-])cc23)CC(C)(C)C1. The number of hydrogen-bond donors (Lipinski definition) is 1. The summed E-state index contributed by atoms with van der Waals surface area (Å²) in [5, 5.41) is 12.0. The Morgan fingerprint density at radius 1 is 1.33 bits per heavy atom. The molecule has 0 amide bonds. The number of nitro groups is 1. The minimum Gasteiger partial charge on any atom is -0.361 e. The van der Waals surface area contributed by atoms with Crippen LogP contribution in [-0.2, 0) is 0 Å². The predicted octanol–water partition coefficient (Wildman–Crippen LogP) is 5.01. The van der Waals surface area contributed by atoms with Crippen molar-refractivity contribution in [1.82, 2.24) is 4.98 Å². The second-order valence-corrected chi connectivity index (χ2v) is 7.34. The molecular weight excluding hydrogens is 264 g/mol. The Morgan fingerprint density at radius 2 is 2.10 bits per heavy atom. The van der Waals surface area contributed by atoms with E-state index in [1.165, 1.54) is 18.4 Å². The lowest BCUT2D eigenvalue weighted by Gasteiger charge is -2.39. The first kappa shape index (κ1) is 14.1. The van der Waals surface area contributed by atoms with Gasteiger partial charge in [-0.15, -0.1) is 0 Å². The van der Waals surface area contributed by atoms with Crippen LogP contribution in [0.25, 0.3) is 10.9 Å². The van der Waals surface area contributed by atoms with Gasteiger partial charge in [0.15, 0.2) is 0 Å². The average molecular weight is 286 g/mol. The fraction of sp³-hybridized carbons (Fsp3) is 0.529. The fourth-order valence-corrected chi connectivity index (χ4v) is 4.16. The molecule has 1 aromatic carbocycles. The quantitative estimate of drug-likeness (QED) is 0.623. The normalized spacial score (nSPS) is 25.1. The molecule has 3 rings (SSSR count). The maximum absolute atomic E-state index is 11.0. The molecule has 1 fully saturated rings. The maximum Gasteiger partial charge on any atom is 0.270 e. The predicted molar refractivity (Wildman–Crippen MR) is 84.5 cm³/mol. The van der Waals surface area contributed by atoms with Gasteiger partial charge in [0.25, 0.3) is 5.69 Å². The molecule has 1 aliphatic rings. The second kappa shape index (κ2) is 4.86. The Morgan fingerprint density at radius 3 is 2.76 bits per heavy atom. The van der Waals surface area contributed by atoms with Crippen LogP contribution in [0.2, 0.25) is 0 Å². The molecule has 112 valence electrons. The number of aromatic nitrogens is 1. The number of nitro benzene ring substituents is 1. The molecule has 0 bridgehead atoms. The van der Waals surface area contributed by atoms with Gasteiger partial charge in [0.1, 0.15) is 0 Å². The third-order valence-corrected chi connectivity index (χ3v) is 4.73. The van der Waals surface area contributed by atoms with Crippen LogP contribution in [0, 0.1) is 21.4 Å². The van der Waals surface area contributed by atoms with E-state index < -0.39 is 0 Å². The van der Waals surface area contributed by atoms with Crippen LogP contribution >= 0.6 is 0 Å². The average Bonchev–Trinajstić information content (AvgIpc) is 2.78. The lowest BCUT2D eigenvalue weighted by atomic mass is 9.66. The topological polar surface area (TPSA) is 58.9 Å². The van der Waals surface area contributed by atoms with Gasteiger partial charge >= 0.3 is 0 Å². The van der Waals surface area contributed by atoms with Crippen molar-refractivity contribution in [3.05, 3.63) is 40.1 Å². The molecule has 21 heavy (non-hydrogen) atoms. The van der Waals surface area contributed by atoms with Crippen LogP contribution in [0.4, 0.5) is 5.69 Å². The molecule has 2 atom stereocenters. The van der Waals surface area contributed by atoms with Crippen LogP contribution in [0.15, 0.2) is 24.4 Å². The van der Waals surface area contributed by atoms with Crippen LogP contribution < -0.4 is 0 Å². The largest absolute Gasteiger partial charge is 0.361 e. The van der Waals surface area contributed by atoms with Gasteiger partial charge in [0.05, 0.1) is 4.92 Å². The molecule has 1 heterocycles. The monoisotopic (exact) mass is 286 g/mol. The van der Waals surface area contributed by atoms with E-state index in [1.807, 2.05) is 12.3 Å². The summed E-state index contributed by atoms with van der Waals surface area (Å²) in [6, 6.07) is 5.10. The molecule has 2 aromatic rings. The van der Waals surface area contributed by atoms with Gasteiger partial charge in [0, 0.05) is 29.2 Å². The number of H-pyrrole nitrogens is 1. The number of benzene rings is 1. The lowest BCUT2D eigenvalue weighted by molar-refractivity contribution is -0.384. The fourth-order valence-electron chi connectivity index (χ4n) is 4.16. The van der Waals surface area contributed by atoms with Crippen molar-refractivity contribution in [3.63, 3.8) is 0 Å². The number of nitrogens with one attached hydrogen (secondary N) is 1. The molecule has 1 N–H and O–H groups in total. The standard InChI is InChI=1S/C17H22N2O2/c1-11-6-12(9-17(2,3)8-11)15-10-18-16-5-4-13(19(20)21)7-14(15)16/h4-5,7,10-12,18H,6,8-9H2,1-3H3. The van der Waals surface area contributed by atoms with Crippen molar-refractivity contribution in [3.8, 4) is 0 Å². The summed E-state index contributed by atoms with van der Waals surface area (Å²) in [4.78, 5) is 14.0. The van der Waals surface area contributed by atoms with Crippen LogP contribution in [0.3, 0.4) is 0 Å². The minimum absolute atomic E-state index is 0.173. The van der Waals surface area contributed by atoms with Gasteiger partial charge in [-0.25, -0.2) is 0 Å². The summed E-state index contributed by atoms with van der Waals surface area (Å²) in [6.45, 7) is 6.96. The highest BCUT2D eigenvalue weighted by Crippen LogP contribution is 2.47. The molecular formula is C17H22N2O2. The van der Waals surface area contributed by atoms with E-state index in [9.17, 15) is 10.1 Å². The van der Waals surface area contributed by atoms with Crippen LogP contribution in [-0.4, -0.2) is 9.91 Å². The summed E-state index contributed by atoms with van der Waals surface area (Å²) in [5.74, 6) is 1.18. The molecule has 0 radical (unpaired) electrons. The van der Waals surface area contributed by atoms with Gasteiger partial charge in [-0.3, -0.25) is 10.1 Å². The summed E-state index contributed by atoms with van der Waals surface area (Å²) in [6.07, 6.45) is 5.62. The van der Waals surface area contributed by atoms with Crippen molar-refractivity contribution in [2.45, 2.75) is 46.0 Å². The maximum atomic E-state index is 11.0. The molecule has 0 aliphatic heterocycles. The van der Waals surface area contributed by atoms with E-state index in [2.05, 4.69) is 25.8 Å². The molecule has 1 saturated carbocycles. The number of non-ortho nitro benzene ring substituents is 1. The lowest BCUT2D eigenvalue weighted by Crippen LogP contribution is -2.26.